The van der Waals surface area contributed by atoms with E-state index in [-0.39, 0.29) is 0 Å². The zero-order chi connectivity index (χ0) is 19.3. The van der Waals surface area contributed by atoms with E-state index in [1.807, 2.05) is 6.07 Å². The van der Waals surface area contributed by atoms with Crippen molar-refractivity contribution in [1.82, 2.24) is 5.32 Å². The fourth-order valence-electron chi connectivity index (χ4n) is 3.90. The number of methoxy groups -OCH3 is 1. The summed E-state index contributed by atoms with van der Waals surface area (Å²) in [4.78, 5) is 0. The van der Waals surface area contributed by atoms with Gasteiger partial charge in [-0.2, -0.15) is 0 Å². The summed E-state index contributed by atoms with van der Waals surface area (Å²) in [5.74, 6) is 0.916. The van der Waals surface area contributed by atoms with Gasteiger partial charge in [0.05, 0.1) is 7.11 Å². The van der Waals surface area contributed by atoms with Gasteiger partial charge in [0.15, 0.2) is 0 Å². The molecule has 0 heterocycles. The van der Waals surface area contributed by atoms with Gasteiger partial charge in [0.1, 0.15) is 5.75 Å². The van der Waals surface area contributed by atoms with Crippen molar-refractivity contribution in [3.8, 4) is 5.75 Å². The lowest BCUT2D eigenvalue weighted by Crippen LogP contribution is -2.20. The Balaban J connectivity index is 1.38. The topological polar surface area (TPSA) is 21.3 Å². The van der Waals surface area contributed by atoms with Crippen LogP contribution in [-0.2, 0) is 12.8 Å². The molecule has 0 radical (unpaired) electrons. The molecule has 0 amide bonds. The van der Waals surface area contributed by atoms with E-state index in [0.717, 1.165) is 31.7 Å². The van der Waals surface area contributed by atoms with Crippen LogP contribution in [0.2, 0.25) is 0 Å². The first-order valence-electron chi connectivity index (χ1n) is 9.99. The molecule has 4 rings (SSSR count). The van der Waals surface area contributed by atoms with Gasteiger partial charge in [0.25, 0.3) is 0 Å². The summed E-state index contributed by atoms with van der Waals surface area (Å²) in [6.07, 6.45) is 2.06. The molecule has 0 saturated carbocycles. The van der Waals surface area contributed by atoms with Crippen LogP contribution < -0.4 is 10.1 Å². The molecule has 0 atom stereocenters. The van der Waals surface area contributed by atoms with Crippen LogP contribution in [0.3, 0.4) is 0 Å². The quantitative estimate of drug-likeness (QED) is 0.423. The standard InChI is InChI=1S/C26H27NO/c1-19-9-10-20-5-3-7-22(25(20)17-19)13-15-27-16-14-23-8-4-6-21-11-12-24(28-2)18-26(21)23/h3-12,17-18,27H,13-16H2,1-2H3. The van der Waals surface area contributed by atoms with E-state index in [9.17, 15) is 0 Å². The Kier molecular flexibility index (Phi) is 5.59. The third kappa shape index (κ3) is 4.02. The first kappa shape index (κ1) is 18.5. The second-order valence-corrected chi connectivity index (χ2v) is 7.40. The van der Waals surface area contributed by atoms with E-state index in [4.69, 9.17) is 4.74 Å². The molecule has 4 aromatic rings. The van der Waals surface area contributed by atoms with Crippen molar-refractivity contribution in [2.24, 2.45) is 0 Å². The minimum Gasteiger partial charge on any atom is -0.497 e. The number of benzene rings is 4. The number of ether oxygens (including phenoxy) is 1. The zero-order valence-corrected chi connectivity index (χ0v) is 16.7. The van der Waals surface area contributed by atoms with Crippen molar-refractivity contribution in [3.63, 3.8) is 0 Å². The lowest BCUT2D eigenvalue weighted by atomic mass is 10.00. The van der Waals surface area contributed by atoms with Crippen molar-refractivity contribution in [2.45, 2.75) is 19.8 Å². The van der Waals surface area contributed by atoms with Gasteiger partial charge >= 0.3 is 0 Å². The van der Waals surface area contributed by atoms with Gasteiger partial charge in [-0.15, -0.1) is 0 Å². The van der Waals surface area contributed by atoms with Gasteiger partial charge in [-0.05, 0) is 77.7 Å². The van der Waals surface area contributed by atoms with E-state index in [1.165, 1.54) is 38.2 Å². The van der Waals surface area contributed by atoms with Crippen LogP contribution in [0.4, 0.5) is 0 Å². The molecule has 0 aliphatic rings. The molecule has 0 saturated heterocycles. The number of hydrogen-bond acceptors (Lipinski definition) is 2. The molecule has 2 nitrogen and oxygen atoms in total. The molecule has 28 heavy (non-hydrogen) atoms. The Bertz CT molecular complexity index is 1100. The summed E-state index contributed by atoms with van der Waals surface area (Å²) in [7, 11) is 1.72. The van der Waals surface area contributed by atoms with Crippen molar-refractivity contribution in [1.29, 1.82) is 0 Å². The Morgan fingerprint density at radius 1 is 0.714 bits per heavy atom. The summed E-state index contributed by atoms with van der Waals surface area (Å²) < 4.78 is 5.40. The van der Waals surface area contributed by atoms with Gasteiger partial charge in [0, 0.05) is 0 Å². The summed E-state index contributed by atoms with van der Waals surface area (Å²) in [5.41, 5.74) is 4.10. The van der Waals surface area contributed by atoms with Gasteiger partial charge < -0.3 is 10.1 Å². The van der Waals surface area contributed by atoms with E-state index >= 15 is 0 Å². The second-order valence-electron chi connectivity index (χ2n) is 7.40. The van der Waals surface area contributed by atoms with Crippen molar-refractivity contribution < 1.29 is 4.74 Å². The minimum atomic E-state index is 0.916. The first-order valence-corrected chi connectivity index (χ1v) is 9.99. The lowest BCUT2D eigenvalue weighted by Gasteiger charge is -2.11. The third-order valence-corrected chi connectivity index (χ3v) is 5.45. The van der Waals surface area contributed by atoms with Gasteiger partial charge in [-0.25, -0.2) is 0 Å². The molecular formula is C26H27NO. The average Bonchev–Trinajstić information content (AvgIpc) is 2.73. The SMILES string of the molecule is COc1ccc2cccc(CCNCCc3cccc4ccc(C)cc34)c2c1. The molecule has 0 aromatic heterocycles. The molecule has 4 aromatic carbocycles. The Hall–Kier alpha value is -2.84. The molecule has 0 bridgehead atoms. The van der Waals surface area contributed by atoms with Crippen LogP contribution in [0.15, 0.2) is 72.8 Å². The Morgan fingerprint density at radius 2 is 1.32 bits per heavy atom. The molecule has 0 aliphatic carbocycles. The normalized spacial score (nSPS) is 11.2. The summed E-state index contributed by atoms with van der Waals surface area (Å²) in [6, 6.07) is 26.1. The van der Waals surface area contributed by atoms with Gasteiger partial charge in [0.2, 0.25) is 0 Å². The maximum atomic E-state index is 5.40. The maximum Gasteiger partial charge on any atom is 0.119 e. The summed E-state index contributed by atoms with van der Waals surface area (Å²) in [6.45, 7) is 4.12. The number of aryl methyl sites for hydroxylation is 1. The van der Waals surface area contributed by atoms with Crippen molar-refractivity contribution in [2.75, 3.05) is 20.2 Å². The van der Waals surface area contributed by atoms with Gasteiger partial charge in [-0.1, -0.05) is 66.2 Å². The van der Waals surface area contributed by atoms with Crippen molar-refractivity contribution >= 4 is 21.5 Å². The van der Waals surface area contributed by atoms with Crippen molar-refractivity contribution in [3.05, 3.63) is 89.5 Å². The highest BCUT2D eigenvalue weighted by Gasteiger charge is 2.04. The highest BCUT2D eigenvalue weighted by molar-refractivity contribution is 5.87. The summed E-state index contributed by atoms with van der Waals surface area (Å²) >= 11 is 0. The predicted molar refractivity (Wildman–Crippen MR) is 119 cm³/mol. The fraction of sp³-hybridized carbons (Fsp3) is 0.231. The fourth-order valence-corrected chi connectivity index (χ4v) is 3.90. The van der Waals surface area contributed by atoms with Crippen LogP contribution >= 0.6 is 0 Å². The molecular weight excluding hydrogens is 342 g/mol. The van der Waals surface area contributed by atoms with E-state index < -0.39 is 0 Å². The second kappa shape index (κ2) is 8.45. The number of rotatable bonds is 7. The van der Waals surface area contributed by atoms with Crippen LogP contribution in [0.5, 0.6) is 5.75 Å². The maximum absolute atomic E-state index is 5.40. The summed E-state index contributed by atoms with van der Waals surface area (Å²) in [5, 5.41) is 8.88. The third-order valence-electron chi connectivity index (χ3n) is 5.45. The van der Waals surface area contributed by atoms with E-state index in [1.54, 1.807) is 7.11 Å². The van der Waals surface area contributed by atoms with Crippen LogP contribution in [0, 0.1) is 6.92 Å². The average molecular weight is 370 g/mol. The van der Waals surface area contributed by atoms with Crippen LogP contribution in [0.25, 0.3) is 21.5 Å². The van der Waals surface area contributed by atoms with Crippen LogP contribution in [-0.4, -0.2) is 20.2 Å². The van der Waals surface area contributed by atoms with E-state index in [2.05, 4.69) is 79.0 Å². The molecule has 0 aliphatic heterocycles. The smallest absolute Gasteiger partial charge is 0.119 e. The largest absolute Gasteiger partial charge is 0.497 e. The molecule has 0 spiro atoms. The highest BCUT2D eigenvalue weighted by Crippen LogP contribution is 2.24. The Morgan fingerprint density at radius 3 is 1.96 bits per heavy atom. The molecule has 0 fully saturated rings. The number of fused-ring (bicyclic) bond motifs is 2. The predicted octanol–water partition coefficient (Wildman–Crippen LogP) is 5.68. The van der Waals surface area contributed by atoms with Gasteiger partial charge in [-0.3, -0.25) is 0 Å². The number of hydrogen-bond donors (Lipinski definition) is 1. The minimum absolute atomic E-state index is 0.916. The Labute approximate surface area is 167 Å². The zero-order valence-electron chi connectivity index (χ0n) is 16.7. The number of nitrogens with one attached hydrogen (secondary N) is 1. The molecule has 1 N–H and O–H groups in total. The van der Waals surface area contributed by atoms with Crippen LogP contribution in [0.1, 0.15) is 16.7 Å². The first-order chi connectivity index (χ1) is 13.7. The monoisotopic (exact) mass is 369 g/mol. The molecule has 0 unspecified atom stereocenters. The lowest BCUT2D eigenvalue weighted by molar-refractivity contribution is 0.415. The highest BCUT2D eigenvalue weighted by atomic mass is 16.5. The molecule has 2 heteroatoms. The molecule has 142 valence electrons. The van der Waals surface area contributed by atoms with E-state index in [0.29, 0.717) is 0 Å².